The van der Waals surface area contributed by atoms with E-state index in [1.807, 2.05) is 59.6 Å². The molecule has 18 heteroatoms. The molecule has 0 atom stereocenters. The second-order valence-electron chi connectivity index (χ2n) is 16.1. The number of piperidine rings is 2. The molecule has 2 N–H and O–H groups in total. The number of ether oxygens (including phenoxy) is 2. The largest absolute Gasteiger partial charge is 0.444 e. The SMILES string of the molecule is CN(C)/C=C/c1nc(N(C)C2CCN(C(=O)OC(C)(C)C)CC2)c(F)cc1[N+](=O)[O-].CN(c1nc2cc[nH]c2cc1F)C1CCN(C(=O)OC(C)(C)C)CC1.CO. The first-order valence-electron chi connectivity index (χ1n) is 18.8. The number of aromatic amines is 1. The number of carbonyl (C=O) groups is 2. The Morgan fingerprint density at radius 1 is 0.842 bits per heavy atom. The highest BCUT2D eigenvalue weighted by molar-refractivity contribution is 5.77. The summed E-state index contributed by atoms with van der Waals surface area (Å²) in [6.45, 7) is 13.2. The molecule has 5 rings (SSSR count). The van der Waals surface area contributed by atoms with Gasteiger partial charge in [0.05, 0.1) is 22.0 Å². The maximum absolute atomic E-state index is 14.7. The van der Waals surface area contributed by atoms with Crippen LogP contribution in [0.15, 0.2) is 30.6 Å². The molecule has 2 amide bonds. The number of H-pyrrole nitrogens is 1. The molecule has 2 aliphatic rings. The smallest absolute Gasteiger partial charge is 0.410 e. The van der Waals surface area contributed by atoms with Crippen molar-refractivity contribution in [2.45, 2.75) is 90.5 Å². The van der Waals surface area contributed by atoms with Gasteiger partial charge in [-0.2, -0.15) is 0 Å². The van der Waals surface area contributed by atoms with Crippen molar-refractivity contribution in [2.24, 2.45) is 0 Å². The number of halogens is 2. The van der Waals surface area contributed by atoms with E-state index in [9.17, 15) is 28.5 Å². The van der Waals surface area contributed by atoms with E-state index in [0.29, 0.717) is 50.4 Å². The van der Waals surface area contributed by atoms with Crippen molar-refractivity contribution in [1.82, 2.24) is 29.7 Å². The highest BCUT2D eigenvalue weighted by Crippen LogP contribution is 2.30. The van der Waals surface area contributed by atoms with E-state index in [1.165, 1.54) is 12.1 Å². The number of aromatic nitrogens is 3. The summed E-state index contributed by atoms with van der Waals surface area (Å²) in [7, 11) is 8.12. The van der Waals surface area contributed by atoms with E-state index < -0.39 is 21.9 Å². The van der Waals surface area contributed by atoms with Gasteiger partial charge < -0.3 is 44.1 Å². The third kappa shape index (κ3) is 13.2. The van der Waals surface area contributed by atoms with Crippen molar-refractivity contribution in [1.29, 1.82) is 0 Å². The van der Waals surface area contributed by atoms with Gasteiger partial charge in [0.15, 0.2) is 23.3 Å². The van der Waals surface area contributed by atoms with Crippen LogP contribution in [0.1, 0.15) is 72.9 Å². The second-order valence-corrected chi connectivity index (χ2v) is 16.1. The molecular formula is C39H59F2N9O7. The summed E-state index contributed by atoms with van der Waals surface area (Å²) in [5.74, 6) is -0.690. The van der Waals surface area contributed by atoms with Crippen LogP contribution < -0.4 is 9.80 Å². The summed E-state index contributed by atoms with van der Waals surface area (Å²) in [6.07, 6.45) is 6.93. The molecule has 0 aliphatic carbocycles. The summed E-state index contributed by atoms with van der Waals surface area (Å²) in [5.41, 5.74) is 0.0750. The number of fused-ring (bicyclic) bond motifs is 1. The highest BCUT2D eigenvalue weighted by Gasteiger charge is 2.32. The lowest BCUT2D eigenvalue weighted by Crippen LogP contribution is -2.47. The molecule has 2 saturated heterocycles. The molecule has 316 valence electrons. The van der Waals surface area contributed by atoms with Gasteiger partial charge >= 0.3 is 12.2 Å². The van der Waals surface area contributed by atoms with Crippen molar-refractivity contribution < 1.29 is 37.9 Å². The molecule has 0 spiro atoms. The third-order valence-corrected chi connectivity index (χ3v) is 9.16. The average molecular weight is 804 g/mol. The predicted octanol–water partition coefficient (Wildman–Crippen LogP) is 6.64. The molecule has 5 heterocycles. The first kappa shape index (κ1) is 46.1. The van der Waals surface area contributed by atoms with Crippen LogP contribution in [0.3, 0.4) is 0 Å². The van der Waals surface area contributed by atoms with Crippen LogP contribution in [-0.2, 0) is 9.47 Å². The van der Waals surface area contributed by atoms with Crippen molar-refractivity contribution in [3.05, 3.63) is 58.0 Å². The summed E-state index contributed by atoms with van der Waals surface area (Å²) < 4.78 is 39.9. The molecule has 0 radical (unpaired) electrons. The Kier molecular flexibility index (Phi) is 16.0. The van der Waals surface area contributed by atoms with Gasteiger partial charge in [-0.05, 0) is 79.4 Å². The Balaban J connectivity index is 0.000000296. The Bertz CT molecular complexity index is 1840. The van der Waals surface area contributed by atoms with E-state index in [1.54, 1.807) is 53.1 Å². The third-order valence-electron chi connectivity index (χ3n) is 9.16. The average Bonchev–Trinajstić information content (AvgIpc) is 3.60. The Morgan fingerprint density at radius 3 is 1.70 bits per heavy atom. The maximum Gasteiger partial charge on any atom is 0.410 e. The lowest BCUT2D eigenvalue weighted by molar-refractivity contribution is -0.385. The number of carbonyl (C=O) groups excluding carboxylic acids is 2. The van der Waals surface area contributed by atoms with Gasteiger partial charge in [0.25, 0.3) is 5.69 Å². The van der Waals surface area contributed by atoms with Gasteiger partial charge in [0.2, 0.25) is 0 Å². The number of likely N-dealkylation sites (tertiary alicyclic amines) is 2. The highest BCUT2D eigenvalue weighted by atomic mass is 19.1. The Hall–Kier alpha value is -5.26. The van der Waals surface area contributed by atoms with E-state index in [4.69, 9.17) is 14.6 Å². The van der Waals surface area contributed by atoms with Crippen LogP contribution in [0.2, 0.25) is 0 Å². The van der Waals surface area contributed by atoms with Crippen molar-refractivity contribution in [3.8, 4) is 0 Å². The zero-order valence-electron chi connectivity index (χ0n) is 35.0. The normalized spacial score (nSPS) is 15.3. The standard InChI is InChI=1S/C20H30FN5O4.C18H25FN4O2.CH4O/c1-20(2,3)30-19(27)25-11-7-14(8-12-25)24(6)18-15(21)13-17(26(28)29)16(22-18)9-10-23(4)5;1-18(2,3)25-17(24)23-9-6-12(7-10-23)22(4)16-13(19)11-15-14(21-16)5-8-20-15;1-2/h9-10,13-14H,7-8,11-12H2,1-6H3;5,8,11-12,20H,6-7,9-10H2,1-4H3;2H,1H3/b10-9+;;. The number of aliphatic hydroxyl groups is 1. The van der Waals surface area contributed by atoms with E-state index >= 15 is 0 Å². The molecular weight excluding hydrogens is 744 g/mol. The number of amides is 2. The van der Waals surface area contributed by atoms with Crippen LogP contribution in [0.4, 0.5) is 35.7 Å². The first-order valence-corrected chi connectivity index (χ1v) is 18.8. The summed E-state index contributed by atoms with van der Waals surface area (Å²) in [4.78, 5) is 55.3. The van der Waals surface area contributed by atoms with Crippen LogP contribution >= 0.6 is 0 Å². The molecule has 2 aliphatic heterocycles. The number of hydrogen-bond acceptors (Lipinski definition) is 12. The molecule has 0 saturated carbocycles. The van der Waals surface area contributed by atoms with Crippen LogP contribution in [0.5, 0.6) is 0 Å². The molecule has 0 bridgehead atoms. The van der Waals surface area contributed by atoms with Gasteiger partial charge in [-0.25, -0.2) is 28.3 Å². The number of aliphatic hydroxyl groups excluding tert-OH is 1. The molecule has 0 aromatic carbocycles. The van der Waals surface area contributed by atoms with Crippen molar-refractivity contribution >= 4 is 46.6 Å². The summed E-state index contributed by atoms with van der Waals surface area (Å²) >= 11 is 0. The lowest BCUT2D eigenvalue weighted by Gasteiger charge is -2.37. The minimum absolute atomic E-state index is 0.0507. The maximum atomic E-state index is 14.7. The van der Waals surface area contributed by atoms with Crippen molar-refractivity contribution in [3.63, 3.8) is 0 Å². The Labute approximate surface area is 333 Å². The van der Waals surface area contributed by atoms with Gasteiger partial charge in [-0.15, -0.1) is 0 Å². The van der Waals surface area contributed by atoms with E-state index in [-0.39, 0.29) is 47.3 Å². The molecule has 0 unspecified atom stereocenters. The summed E-state index contributed by atoms with van der Waals surface area (Å²) in [5, 5.41) is 18.3. The van der Waals surface area contributed by atoms with E-state index in [2.05, 4.69) is 15.0 Å². The number of nitro groups is 1. The minimum Gasteiger partial charge on any atom is -0.444 e. The quantitative estimate of drug-likeness (QED) is 0.193. The van der Waals surface area contributed by atoms with Crippen molar-refractivity contribution in [2.75, 3.05) is 71.3 Å². The minimum atomic E-state index is -0.749. The predicted molar refractivity (Wildman–Crippen MR) is 216 cm³/mol. The van der Waals surface area contributed by atoms with Gasteiger partial charge in [0.1, 0.15) is 16.9 Å². The van der Waals surface area contributed by atoms with Gasteiger partial charge in [-0.3, -0.25) is 10.1 Å². The first-order chi connectivity index (χ1) is 26.6. The second kappa shape index (κ2) is 19.7. The van der Waals surface area contributed by atoms with Crippen LogP contribution in [0, 0.1) is 21.7 Å². The number of nitrogens with one attached hydrogen (secondary N) is 1. The van der Waals surface area contributed by atoms with Gasteiger partial charge in [0, 0.05) is 92.0 Å². The zero-order chi connectivity index (χ0) is 42.8. The molecule has 16 nitrogen and oxygen atoms in total. The molecule has 3 aromatic heterocycles. The fourth-order valence-electron chi connectivity index (χ4n) is 6.28. The number of anilines is 2. The lowest BCUT2D eigenvalue weighted by atomic mass is 10.0. The fourth-order valence-corrected chi connectivity index (χ4v) is 6.28. The molecule has 3 aromatic rings. The Morgan fingerprint density at radius 2 is 1.28 bits per heavy atom. The number of pyridine rings is 2. The van der Waals surface area contributed by atoms with E-state index in [0.717, 1.165) is 31.5 Å². The van der Waals surface area contributed by atoms with Crippen LogP contribution in [-0.4, -0.2) is 137 Å². The number of rotatable bonds is 7. The monoisotopic (exact) mass is 803 g/mol. The zero-order valence-corrected chi connectivity index (χ0v) is 35.0. The fraction of sp³-hybridized carbons (Fsp3) is 0.590. The topological polar surface area (TPSA) is 174 Å². The molecule has 57 heavy (non-hydrogen) atoms. The van der Waals surface area contributed by atoms with Gasteiger partial charge in [-0.1, -0.05) is 0 Å². The summed E-state index contributed by atoms with van der Waals surface area (Å²) in [6, 6.07) is 4.29. The number of nitrogens with zero attached hydrogens (tertiary/aromatic N) is 8. The molecule has 2 fully saturated rings. The number of hydrogen-bond donors (Lipinski definition) is 2. The van der Waals surface area contributed by atoms with Crippen LogP contribution in [0.25, 0.3) is 17.1 Å².